The Kier molecular flexibility index (Phi) is 6.64. The number of amides is 1. The average molecular weight is 458 g/mol. The third-order valence-corrected chi connectivity index (χ3v) is 5.60. The van der Waals surface area contributed by atoms with Crippen LogP contribution in [0.25, 0.3) is 16.9 Å². The van der Waals surface area contributed by atoms with Gasteiger partial charge < -0.3 is 20.5 Å². The van der Waals surface area contributed by atoms with Crippen molar-refractivity contribution in [2.24, 2.45) is 0 Å². The van der Waals surface area contributed by atoms with Gasteiger partial charge in [-0.1, -0.05) is 0 Å². The van der Waals surface area contributed by atoms with Crippen molar-refractivity contribution in [2.45, 2.75) is 32.5 Å². The molecule has 4 rings (SSSR count). The number of anilines is 1. The number of hydrogen-bond donors (Lipinski definition) is 3. The van der Waals surface area contributed by atoms with E-state index in [9.17, 15) is 18.0 Å². The van der Waals surface area contributed by atoms with Gasteiger partial charge in [-0.3, -0.25) is 4.79 Å². The standard InChI is InChI=1S/C23H25F3N6O/c1-3-28-23(33)15-8-21(13(2)6-17(15)24)32-11-20(30-12-32)16-7-14(9-29-22(16)26)31-19-4-5-27-10-18(19)25/h6-9,11-12,18-19,27,31H,3-5,10H2,1-2H3,(H,28,33)/t18-,19?/m1/s1. The van der Waals surface area contributed by atoms with Crippen molar-refractivity contribution in [2.75, 3.05) is 25.0 Å². The van der Waals surface area contributed by atoms with Crippen molar-refractivity contribution in [1.29, 1.82) is 0 Å². The maximum Gasteiger partial charge on any atom is 0.254 e. The maximum absolute atomic E-state index is 14.5. The molecule has 1 aliphatic heterocycles. The summed E-state index contributed by atoms with van der Waals surface area (Å²) in [5, 5.41) is 8.66. The molecule has 0 aliphatic carbocycles. The third kappa shape index (κ3) is 4.85. The summed E-state index contributed by atoms with van der Waals surface area (Å²) in [6.45, 7) is 4.78. The molecule has 1 saturated heterocycles. The number of aromatic nitrogens is 3. The maximum atomic E-state index is 14.5. The normalized spacial score (nSPS) is 18.2. The Hall–Kier alpha value is -3.40. The molecule has 7 nitrogen and oxygen atoms in total. The zero-order valence-electron chi connectivity index (χ0n) is 18.3. The van der Waals surface area contributed by atoms with Crippen molar-refractivity contribution in [1.82, 2.24) is 25.2 Å². The second-order valence-corrected chi connectivity index (χ2v) is 7.97. The summed E-state index contributed by atoms with van der Waals surface area (Å²) in [6.07, 6.45) is 3.90. The van der Waals surface area contributed by atoms with E-state index in [0.717, 1.165) is 0 Å². The monoisotopic (exact) mass is 458 g/mol. The number of halogens is 3. The van der Waals surface area contributed by atoms with Gasteiger partial charge in [-0.15, -0.1) is 0 Å². The van der Waals surface area contributed by atoms with Crippen LogP contribution in [0.4, 0.5) is 18.9 Å². The molecule has 1 aliphatic rings. The summed E-state index contributed by atoms with van der Waals surface area (Å²) in [6, 6.07) is 3.87. The highest BCUT2D eigenvalue weighted by Crippen LogP contribution is 2.27. The van der Waals surface area contributed by atoms with Crippen LogP contribution in [0.2, 0.25) is 0 Å². The van der Waals surface area contributed by atoms with Gasteiger partial charge >= 0.3 is 0 Å². The van der Waals surface area contributed by atoms with Gasteiger partial charge in [0.15, 0.2) is 0 Å². The molecule has 33 heavy (non-hydrogen) atoms. The van der Waals surface area contributed by atoms with Gasteiger partial charge in [0.25, 0.3) is 5.91 Å². The minimum absolute atomic E-state index is 0.0884. The summed E-state index contributed by atoms with van der Waals surface area (Å²) in [5.74, 6) is -1.86. The zero-order chi connectivity index (χ0) is 23.5. The smallest absolute Gasteiger partial charge is 0.254 e. The molecule has 3 aromatic rings. The van der Waals surface area contributed by atoms with Crippen molar-refractivity contribution in [3.63, 3.8) is 0 Å². The lowest BCUT2D eigenvalue weighted by Crippen LogP contribution is -2.45. The molecule has 1 fully saturated rings. The van der Waals surface area contributed by atoms with Crippen molar-refractivity contribution >= 4 is 11.6 Å². The van der Waals surface area contributed by atoms with Crippen LogP contribution in [-0.2, 0) is 0 Å². The van der Waals surface area contributed by atoms with Crippen LogP contribution in [0.15, 0.2) is 36.9 Å². The highest BCUT2D eigenvalue weighted by atomic mass is 19.1. The van der Waals surface area contributed by atoms with Crippen LogP contribution < -0.4 is 16.0 Å². The van der Waals surface area contributed by atoms with E-state index in [4.69, 9.17) is 0 Å². The van der Waals surface area contributed by atoms with E-state index < -0.39 is 29.9 Å². The summed E-state index contributed by atoms with van der Waals surface area (Å²) in [5.41, 5.74) is 1.97. The van der Waals surface area contributed by atoms with E-state index >= 15 is 0 Å². The number of rotatable bonds is 6. The van der Waals surface area contributed by atoms with Crippen molar-refractivity contribution in [3.8, 4) is 16.9 Å². The SMILES string of the molecule is CCNC(=O)c1cc(-n2cnc(-c3cc(NC4CCNC[C@H]4F)cnc3F)c2)c(C)cc1F. The second kappa shape index (κ2) is 9.62. The third-order valence-electron chi connectivity index (χ3n) is 5.60. The number of benzene rings is 1. The van der Waals surface area contributed by atoms with Crippen LogP contribution in [0.3, 0.4) is 0 Å². The number of imidazole rings is 1. The van der Waals surface area contributed by atoms with Gasteiger partial charge in [0.2, 0.25) is 5.95 Å². The first-order chi connectivity index (χ1) is 15.9. The molecule has 2 atom stereocenters. The lowest BCUT2D eigenvalue weighted by atomic mass is 10.0. The van der Waals surface area contributed by atoms with E-state index in [0.29, 0.717) is 42.1 Å². The summed E-state index contributed by atoms with van der Waals surface area (Å²) < 4.78 is 44.6. The van der Waals surface area contributed by atoms with Gasteiger partial charge in [0, 0.05) is 19.3 Å². The predicted octanol–water partition coefficient (Wildman–Crippen LogP) is 3.38. The Morgan fingerprint density at radius 2 is 2.09 bits per heavy atom. The fraction of sp³-hybridized carbons (Fsp3) is 0.348. The number of aryl methyl sites for hydroxylation is 1. The fourth-order valence-electron chi connectivity index (χ4n) is 3.87. The van der Waals surface area contributed by atoms with Crippen LogP contribution in [0, 0.1) is 18.7 Å². The Morgan fingerprint density at radius 1 is 1.27 bits per heavy atom. The Bertz CT molecular complexity index is 1170. The first-order valence-electron chi connectivity index (χ1n) is 10.8. The first kappa shape index (κ1) is 22.8. The molecular formula is C23H25F3N6O. The first-order valence-corrected chi connectivity index (χ1v) is 10.8. The van der Waals surface area contributed by atoms with E-state index in [2.05, 4.69) is 25.9 Å². The highest BCUT2D eigenvalue weighted by molar-refractivity contribution is 5.95. The molecule has 10 heteroatoms. The number of piperidine rings is 1. The lowest BCUT2D eigenvalue weighted by Gasteiger charge is -2.28. The van der Waals surface area contributed by atoms with E-state index in [1.807, 2.05) is 0 Å². The minimum Gasteiger partial charge on any atom is -0.378 e. The Morgan fingerprint density at radius 3 is 2.85 bits per heavy atom. The Labute approximate surface area is 189 Å². The predicted molar refractivity (Wildman–Crippen MR) is 119 cm³/mol. The molecule has 3 heterocycles. The number of carbonyl (C=O) groups excluding carboxylic acids is 1. The van der Waals surface area contributed by atoms with E-state index in [1.54, 1.807) is 30.7 Å². The molecule has 0 bridgehead atoms. The quantitative estimate of drug-likeness (QED) is 0.494. The van der Waals surface area contributed by atoms with Gasteiger partial charge in [-0.2, -0.15) is 4.39 Å². The molecule has 1 aromatic carbocycles. The highest BCUT2D eigenvalue weighted by Gasteiger charge is 2.25. The molecule has 1 unspecified atom stereocenters. The second-order valence-electron chi connectivity index (χ2n) is 7.97. The van der Waals surface area contributed by atoms with E-state index in [1.165, 1.54) is 24.7 Å². The number of nitrogens with zero attached hydrogens (tertiary/aromatic N) is 3. The summed E-state index contributed by atoms with van der Waals surface area (Å²) in [4.78, 5) is 20.3. The molecule has 0 radical (unpaired) electrons. The van der Waals surface area contributed by atoms with Gasteiger partial charge in [0.1, 0.15) is 12.0 Å². The largest absolute Gasteiger partial charge is 0.378 e. The minimum atomic E-state index is -1.06. The molecule has 3 N–H and O–H groups in total. The molecule has 0 spiro atoms. The molecule has 174 valence electrons. The van der Waals surface area contributed by atoms with E-state index in [-0.39, 0.29) is 17.7 Å². The fourth-order valence-corrected chi connectivity index (χ4v) is 3.87. The molecule has 0 saturated carbocycles. The Balaban J connectivity index is 1.64. The zero-order valence-corrected chi connectivity index (χ0v) is 18.3. The molecular weight excluding hydrogens is 433 g/mol. The van der Waals surface area contributed by atoms with Crippen LogP contribution >= 0.6 is 0 Å². The number of nitrogens with one attached hydrogen (secondary N) is 3. The number of hydrogen-bond acceptors (Lipinski definition) is 5. The molecule has 2 aromatic heterocycles. The van der Waals surface area contributed by atoms with Crippen LogP contribution in [-0.4, -0.2) is 52.3 Å². The number of carbonyl (C=O) groups is 1. The van der Waals surface area contributed by atoms with Gasteiger partial charge in [-0.25, -0.2) is 18.7 Å². The van der Waals surface area contributed by atoms with Gasteiger partial charge in [0.05, 0.1) is 46.8 Å². The van der Waals surface area contributed by atoms with Crippen molar-refractivity contribution in [3.05, 3.63) is 59.8 Å². The van der Waals surface area contributed by atoms with Crippen LogP contribution in [0.5, 0.6) is 0 Å². The number of alkyl halides is 1. The average Bonchev–Trinajstić information content (AvgIpc) is 3.26. The van der Waals surface area contributed by atoms with Crippen LogP contribution in [0.1, 0.15) is 29.3 Å². The van der Waals surface area contributed by atoms with Gasteiger partial charge in [-0.05, 0) is 50.6 Å². The summed E-state index contributed by atoms with van der Waals surface area (Å²) in [7, 11) is 0. The lowest BCUT2D eigenvalue weighted by molar-refractivity contribution is 0.0951. The van der Waals surface area contributed by atoms with Crippen molar-refractivity contribution < 1.29 is 18.0 Å². The summed E-state index contributed by atoms with van der Waals surface area (Å²) >= 11 is 0. The molecule has 1 amide bonds. The number of pyridine rings is 1. The topological polar surface area (TPSA) is 83.9 Å².